The molecule has 0 saturated carbocycles. The molecule has 21 heteroatoms. The lowest BCUT2D eigenvalue weighted by Gasteiger charge is -2.32. The Kier molecular flexibility index (Phi) is 8.97. The van der Waals surface area contributed by atoms with Gasteiger partial charge < -0.3 is 9.39 Å². The highest BCUT2D eigenvalue weighted by Crippen LogP contribution is 2.50. The van der Waals surface area contributed by atoms with Gasteiger partial charge in [0.15, 0.2) is 0 Å². The molecule has 0 amide bonds. The monoisotopic (exact) mass is 633 g/mol. The molecule has 38 heavy (non-hydrogen) atoms. The number of sulfonamides is 2. The fourth-order valence-electron chi connectivity index (χ4n) is 2.91. The Morgan fingerprint density at radius 3 is 1.58 bits per heavy atom. The molecule has 0 aliphatic rings. The average Bonchev–Trinajstić information content (AvgIpc) is 2.70. The maximum atomic E-state index is 14.2. The highest BCUT2D eigenvalue weighted by Gasteiger charge is 2.85. The summed E-state index contributed by atoms with van der Waals surface area (Å²) in [6, 6.07) is 3.54. The Morgan fingerprint density at radius 1 is 0.789 bits per heavy atom. The van der Waals surface area contributed by atoms with Crippen molar-refractivity contribution >= 4 is 30.2 Å². The highest BCUT2D eigenvalue weighted by molar-refractivity contribution is 7.98. The number of rotatable bonds is 10. The molecule has 2 unspecified atom stereocenters. The third-order valence-corrected chi connectivity index (χ3v) is 9.73. The van der Waals surface area contributed by atoms with Crippen LogP contribution in [0.1, 0.15) is 45.6 Å². The third-order valence-electron chi connectivity index (χ3n) is 4.70. The van der Waals surface area contributed by atoms with Gasteiger partial charge in [-0.15, -0.1) is 3.87 Å². The molecular formula is C17H20F9NO8S3. The largest absolute Gasteiger partial charge is 0.602 e. The molecule has 0 fully saturated rings. The van der Waals surface area contributed by atoms with Gasteiger partial charge in [-0.25, -0.2) is 0 Å². The van der Waals surface area contributed by atoms with Crippen LogP contribution in [0.15, 0.2) is 24.3 Å². The van der Waals surface area contributed by atoms with Crippen LogP contribution < -0.4 is 8.06 Å². The predicted octanol–water partition coefficient (Wildman–Crippen LogP) is 3.32. The molecule has 9 nitrogen and oxygen atoms in total. The second-order valence-electron chi connectivity index (χ2n) is 9.08. The van der Waals surface area contributed by atoms with Crippen LogP contribution in [0.25, 0.3) is 0 Å². The van der Waals surface area contributed by atoms with E-state index in [1.165, 1.54) is 0 Å². The Hall–Kier alpha value is -1.84. The molecule has 0 radical (unpaired) electrons. The van der Waals surface area contributed by atoms with E-state index in [9.17, 15) is 70.0 Å². The molecule has 1 aromatic rings. The van der Waals surface area contributed by atoms with Crippen LogP contribution >= 0.6 is 0 Å². The van der Waals surface area contributed by atoms with E-state index in [1.54, 1.807) is 6.92 Å². The van der Waals surface area contributed by atoms with Crippen molar-refractivity contribution in [2.24, 2.45) is 5.41 Å². The second-order valence-corrected chi connectivity index (χ2v) is 14.7. The summed E-state index contributed by atoms with van der Waals surface area (Å²) in [4.78, 5) is 0. The summed E-state index contributed by atoms with van der Waals surface area (Å²) in [5, 5.41) is -3.80. The average molecular weight is 634 g/mol. The van der Waals surface area contributed by atoms with Crippen LogP contribution in [-0.4, -0.2) is 47.2 Å². The van der Waals surface area contributed by atoms with Crippen LogP contribution in [-0.2, 0) is 30.2 Å². The number of quaternary nitrogens is 1. The molecule has 1 aromatic carbocycles. The first-order valence-corrected chi connectivity index (χ1v) is 14.1. The van der Waals surface area contributed by atoms with E-state index in [4.69, 9.17) is 0 Å². The first-order valence-electron chi connectivity index (χ1n) is 9.75. The fourth-order valence-corrected chi connectivity index (χ4v) is 6.50. The maximum absolute atomic E-state index is 14.2. The molecule has 0 heterocycles. The zero-order valence-electron chi connectivity index (χ0n) is 19.5. The molecule has 0 saturated heterocycles. The van der Waals surface area contributed by atoms with E-state index in [2.05, 4.69) is 4.18 Å². The molecule has 2 atom stereocenters. The molecule has 1 N–H and O–H groups in total. The maximum Gasteiger partial charge on any atom is 0.550 e. The lowest BCUT2D eigenvalue weighted by molar-refractivity contribution is -0.561. The van der Waals surface area contributed by atoms with Crippen molar-refractivity contribution in [1.29, 1.82) is 0 Å². The van der Waals surface area contributed by atoms with Crippen LogP contribution in [0.4, 0.5) is 39.5 Å². The van der Waals surface area contributed by atoms with Crippen molar-refractivity contribution in [2.75, 3.05) is 0 Å². The summed E-state index contributed by atoms with van der Waals surface area (Å²) in [6.45, 7) is 7.34. The molecule has 0 aliphatic heterocycles. The summed E-state index contributed by atoms with van der Waals surface area (Å²) < 4.78 is 189. The van der Waals surface area contributed by atoms with Gasteiger partial charge in [-0.05, 0) is 35.4 Å². The number of hydrogen-bond donors (Lipinski definition) is 1. The number of benzene rings is 1. The van der Waals surface area contributed by atoms with Crippen LogP contribution in [0, 0.1) is 10.6 Å². The number of halogens is 9. The number of nitrogens with one attached hydrogen (secondary N) is 1. The van der Waals surface area contributed by atoms with Gasteiger partial charge in [0.1, 0.15) is 5.75 Å². The predicted molar refractivity (Wildman–Crippen MR) is 112 cm³/mol. The Labute approximate surface area is 211 Å². The lowest BCUT2D eigenvalue weighted by Crippen LogP contribution is -3.14. The number of alkyl halides is 9. The van der Waals surface area contributed by atoms with Crippen LogP contribution in [0.5, 0.6) is 5.75 Å². The Balaban J connectivity index is 3.44. The molecular weight excluding hydrogens is 613 g/mol. The summed E-state index contributed by atoms with van der Waals surface area (Å²) in [5.74, 6) is -9.08. The third kappa shape index (κ3) is 5.99. The van der Waals surface area contributed by atoms with Crippen molar-refractivity contribution in [1.82, 2.24) is 0 Å². The lowest BCUT2D eigenvalue weighted by atomic mass is 9.82. The van der Waals surface area contributed by atoms with E-state index in [1.807, 2.05) is 20.8 Å². The van der Waals surface area contributed by atoms with Gasteiger partial charge in [0.05, 0.1) is 0 Å². The topological polar surface area (TPSA) is 139 Å². The second kappa shape index (κ2) is 9.97. The summed E-state index contributed by atoms with van der Waals surface area (Å²) in [6.07, 6.45) is 0.558. The molecule has 0 aromatic heterocycles. The van der Waals surface area contributed by atoms with E-state index in [-0.39, 0.29) is 11.3 Å². The SMILES string of the molecule is CC(CC(C)(C)C)c1ccc(OS(=O)(=O)C(F)(F)C(F)(F)C(F)(F)S(=O)(=O)[NH+]([O-])S(=O)(=O)C(F)(F)F)cc1. The first-order chi connectivity index (χ1) is 16.5. The molecule has 0 bridgehead atoms. The van der Waals surface area contributed by atoms with Crippen molar-refractivity contribution in [3.05, 3.63) is 35.0 Å². The minimum absolute atomic E-state index is 0.196. The van der Waals surface area contributed by atoms with Gasteiger partial charge in [0.2, 0.25) is 0 Å². The van der Waals surface area contributed by atoms with E-state index >= 15 is 0 Å². The van der Waals surface area contributed by atoms with Crippen LogP contribution in [0.2, 0.25) is 0 Å². The zero-order chi connectivity index (χ0) is 30.6. The van der Waals surface area contributed by atoms with E-state index < -0.39 is 61.7 Å². The van der Waals surface area contributed by atoms with E-state index in [0.29, 0.717) is 24.1 Å². The number of hydrogen-bond acceptors (Lipinski definition) is 8. The van der Waals surface area contributed by atoms with Gasteiger partial charge in [0, 0.05) is 0 Å². The summed E-state index contributed by atoms with van der Waals surface area (Å²) in [5.41, 5.74) is -6.64. The molecule has 222 valence electrons. The van der Waals surface area contributed by atoms with Crippen molar-refractivity contribution < 1.29 is 72.8 Å². The van der Waals surface area contributed by atoms with Crippen molar-refractivity contribution in [3.63, 3.8) is 0 Å². The molecule has 1 rings (SSSR count). The highest BCUT2D eigenvalue weighted by atomic mass is 32.3. The zero-order valence-corrected chi connectivity index (χ0v) is 21.9. The summed E-state index contributed by atoms with van der Waals surface area (Å²) >= 11 is 0. The Morgan fingerprint density at radius 2 is 1.21 bits per heavy atom. The van der Waals surface area contributed by atoms with Gasteiger partial charge in [-0.2, -0.15) is 64.8 Å². The quantitative estimate of drug-likeness (QED) is 0.235. The molecule has 0 aliphatic carbocycles. The van der Waals surface area contributed by atoms with Gasteiger partial charge in [-0.1, -0.05) is 39.8 Å². The van der Waals surface area contributed by atoms with Crippen molar-refractivity contribution in [3.8, 4) is 5.75 Å². The minimum Gasteiger partial charge on any atom is -0.602 e. The van der Waals surface area contributed by atoms with E-state index in [0.717, 1.165) is 12.1 Å². The minimum atomic E-state index is -8.31. The summed E-state index contributed by atoms with van der Waals surface area (Å²) in [7, 11) is -23.4. The standard InChI is InChI=1S/C17H20F9NO8S3/c1-10(9-13(2,3)4)11-5-7-12(8-6-11)35-38(33,34)16(22,23)14(18,19)15(20,21)36(29,30)27(28)37(31,32)17(24,25)26/h5-8,10,27H,9H2,1-4H3. The fraction of sp³-hybridized carbons (Fsp3) is 0.647. The Bertz CT molecular complexity index is 1340. The van der Waals surface area contributed by atoms with Gasteiger partial charge in [0.25, 0.3) is 0 Å². The normalized spacial score (nSPS) is 16.7. The van der Waals surface area contributed by atoms with Gasteiger partial charge >= 0.3 is 52.1 Å². The first kappa shape index (κ1) is 34.2. The smallest absolute Gasteiger partial charge is 0.550 e. The van der Waals surface area contributed by atoms with Gasteiger partial charge in [-0.3, -0.25) is 0 Å². The molecule has 0 spiro atoms. The van der Waals surface area contributed by atoms with Crippen molar-refractivity contribution in [2.45, 2.75) is 62.0 Å². The van der Waals surface area contributed by atoms with Crippen LogP contribution in [0.3, 0.4) is 0 Å².